The van der Waals surface area contributed by atoms with Crippen molar-refractivity contribution in [2.75, 3.05) is 20.2 Å². The fourth-order valence-corrected chi connectivity index (χ4v) is 2.85. The third-order valence-corrected chi connectivity index (χ3v) is 4.44. The molecule has 0 aliphatic carbocycles. The zero-order chi connectivity index (χ0) is 18.7. The van der Waals surface area contributed by atoms with E-state index in [4.69, 9.17) is 9.26 Å². The molecular weight excluding hydrogens is 334 g/mol. The molecule has 0 bridgehead atoms. The number of nitrogens with zero attached hydrogens (tertiary/aromatic N) is 3. The molecule has 1 aromatic heterocycles. The van der Waals surface area contributed by atoms with Gasteiger partial charge in [-0.2, -0.15) is 0 Å². The highest BCUT2D eigenvalue weighted by Gasteiger charge is 2.35. The standard InChI is InChI=1S/C19H23N3O4/c1-13(2)17-9-15(20-26-17)10-21(3)18(23)11-22-16(12-25-19(22)24)14-7-5-4-6-8-14/h4-9,13,16H,10-12H2,1-3H3. The fraction of sp³-hybridized carbons (Fsp3) is 0.421. The first kappa shape index (κ1) is 18.0. The van der Waals surface area contributed by atoms with Gasteiger partial charge < -0.3 is 14.2 Å². The van der Waals surface area contributed by atoms with Crippen LogP contribution < -0.4 is 0 Å². The molecule has 138 valence electrons. The van der Waals surface area contributed by atoms with Crippen LogP contribution >= 0.6 is 0 Å². The van der Waals surface area contributed by atoms with E-state index in [0.717, 1.165) is 11.3 Å². The monoisotopic (exact) mass is 357 g/mol. The highest BCUT2D eigenvalue weighted by Crippen LogP contribution is 2.27. The van der Waals surface area contributed by atoms with Gasteiger partial charge in [-0.15, -0.1) is 0 Å². The highest BCUT2D eigenvalue weighted by molar-refractivity contribution is 5.83. The lowest BCUT2D eigenvalue weighted by Gasteiger charge is -2.24. The molecule has 1 fully saturated rings. The molecule has 1 saturated heterocycles. The van der Waals surface area contributed by atoms with Gasteiger partial charge in [-0.1, -0.05) is 49.3 Å². The molecule has 2 heterocycles. The van der Waals surface area contributed by atoms with Crippen molar-refractivity contribution < 1.29 is 18.8 Å². The summed E-state index contributed by atoms with van der Waals surface area (Å²) in [7, 11) is 1.69. The third-order valence-electron chi connectivity index (χ3n) is 4.44. The minimum Gasteiger partial charge on any atom is -0.447 e. The number of likely N-dealkylation sites (N-methyl/N-ethyl adjacent to an activating group) is 1. The summed E-state index contributed by atoms with van der Waals surface area (Å²) in [5.41, 5.74) is 1.64. The molecule has 0 N–H and O–H groups in total. The Hall–Kier alpha value is -2.83. The number of carbonyl (C=O) groups is 2. The first-order chi connectivity index (χ1) is 12.5. The number of cyclic esters (lactones) is 1. The first-order valence-corrected chi connectivity index (χ1v) is 8.63. The lowest BCUT2D eigenvalue weighted by molar-refractivity contribution is -0.131. The topological polar surface area (TPSA) is 75.9 Å². The predicted octanol–water partition coefficient (Wildman–Crippen LogP) is 2.95. The van der Waals surface area contributed by atoms with Crippen molar-refractivity contribution in [2.45, 2.75) is 32.4 Å². The Balaban J connectivity index is 1.64. The van der Waals surface area contributed by atoms with Crippen LogP contribution in [0.2, 0.25) is 0 Å². The fourth-order valence-electron chi connectivity index (χ4n) is 2.85. The lowest BCUT2D eigenvalue weighted by Crippen LogP contribution is -2.39. The van der Waals surface area contributed by atoms with Gasteiger partial charge in [-0.05, 0) is 5.56 Å². The average Bonchev–Trinajstić information content (AvgIpc) is 3.23. The second-order valence-corrected chi connectivity index (χ2v) is 6.76. The van der Waals surface area contributed by atoms with Crippen LogP contribution in [-0.4, -0.2) is 47.2 Å². The van der Waals surface area contributed by atoms with Crippen LogP contribution in [0.15, 0.2) is 40.9 Å². The number of aromatic nitrogens is 1. The van der Waals surface area contributed by atoms with Crippen LogP contribution in [0.4, 0.5) is 4.79 Å². The highest BCUT2D eigenvalue weighted by atomic mass is 16.6. The van der Waals surface area contributed by atoms with Gasteiger partial charge in [0.15, 0.2) is 0 Å². The van der Waals surface area contributed by atoms with Crippen LogP contribution in [0.1, 0.15) is 42.8 Å². The van der Waals surface area contributed by atoms with Crippen LogP contribution in [0.5, 0.6) is 0 Å². The molecular formula is C19H23N3O4. The Kier molecular flexibility index (Phi) is 5.25. The molecule has 1 aromatic carbocycles. The van der Waals surface area contributed by atoms with Crippen molar-refractivity contribution in [2.24, 2.45) is 0 Å². The maximum atomic E-state index is 12.6. The van der Waals surface area contributed by atoms with Crippen molar-refractivity contribution in [3.63, 3.8) is 0 Å². The predicted molar refractivity (Wildman–Crippen MR) is 94.3 cm³/mol. The van der Waals surface area contributed by atoms with E-state index in [1.165, 1.54) is 9.80 Å². The Bertz CT molecular complexity index is 772. The van der Waals surface area contributed by atoms with Crippen molar-refractivity contribution in [3.8, 4) is 0 Å². The van der Waals surface area contributed by atoms with Crippen LogP contribution in [0.3, 0.4) is 0 Å². The van der Waals surface area contributed by atoms with Gasteiger partial charge in [0.2, 0.25) is 5.91 Å². The molecule has 0 spiro atoms. The van der Waals surface area contributed by atoms with Gasteiger partial charge in [-0.25, -0.2) is 4.79 Å². The number of hydrogen-bond donors (Lipinski definition) is 0. The molecule has 0 saturated carbocycles. The average molecular weight is 357 g/mol. The van der Waals surface area contributed by atoms with E-state index < -0.39 is 6.09 Å². The van der Waals surface area contributed by atoms with Crippen LogP contribution in [0.25, 0.3) is 0 Å². The minimum absolute atomic E-state index is 0.0379. The quantitative estimate of drug-likeness (QED) is 0.794. The van der Waals surface area contributed by atoms with E-state index in [0.29, 0.717) is 12.2 Å². The summed E-state index contributed by atoms with van der Waals surface area (Å²) in [4.78, 5) is 27.6. The number of hydrogen-bond acceptors (Lipinski definition) is 5. The number of amides is 2. The van der Waals surface area contributed by atoms with Gasteiger partial charge in [0.05, 0.1) is 12.6 Å². The molecule has 7 heteroatoms. The first-order valence-electron chi connectivity index (χ1n) is 8.63. The van der Waals surface area contributed by atoms with Crippen LogP contribution in [-0.2, 0) is 16.1 Å². The van der Waals surface area contributed by atoms with Crippen molar-refractivity contribution in [3.05, 3.63) is 53.4 Å². The van der Waals surface area contributed by atoms with Gasteiger partial charge in [0.25, 0.3) is 0 Å². The molecule has 1 aliphatic rings. The van der Waals surface area contributed by atoms with Gasteiger partial charge in [0, 0.05) is 19.0 Å². The number of benzene rings is 1. The van der Waals surface area contributed by atoms with E-state index in [-0.39, 0.29) is 31.0 Å². The molecule has 1 aliphatic heterocycles. The SMILES string of the molecule is CC(C)c1cc(CN(C)C(=O)CN2C(=O)OCC2c2ccccc2)no1. The molecule has 3 rings (SSSR count). The van der Waals surface area contributed by atoms with Crippen LogP contribution in [0, 0.1) is 0 Å². The van der Waals surface area contributed by atoms with Gasteiger partial charge in [0.1, 0.15) is 24.6 Å². The summed E-state index contributed by atoms with van der Waals surface area (Å²) in [5, 5.41) is 3.99. The third kappa shape index (κ3) is 3.87. The Morgan fingerprint density at radius 1 is 1.35 bits per heavy atom. The van der Waals surface area contributed by atoms with E-state index in [1.54, 1.807) is 7.05 Å². The Morgan fingerprint density at radius 2 is 2.08 bits per heavy atom. The Labute approximate surface area is 152 Å². The zero-order valence-corrected chi connectivity index (χ0v) is 15.2. The van der Waals surface area contributed by atoms with Crippen molar-refractivity contribution in [1.29, 1.82) is 0 Å². The van der Waals surface area contributed by atoms with E-state index >= 15 is 0 Å². The maximum Gasteiger partial charge on any atom is 0.410 e. The maximum absolute atomic E-state index is 12.6. The molecule has 7 nitrogen and oxygen atoms in total. The summed E-state index contributed by atoms with van der Waals surface area (Å²) in [6, 6.07) is 11.2. The Morgan fingerprint density at radius 3 is 2.73 bits per heavy atom. The summed E-state index contributed by atoms with van der Waals surface area (Å²) in [5.74, 6) is 0.843. The van der Waals surface area contributed by atoms with Crippen molar-refractivity contribution in [1.82, 2.24) is 15.0 Å². The molecule has 1 unspecified atom stereocenters. The second kappa shape index (κ2) is 7.59. The summed E-state index contributed by atoms with van der Waals surface area (Å²) < 4.78 is 10.4. The number of ether oxygens (including phenoxy) is 1. The molecule has 2 aromatic rings. The zero-order valence-electron chi connectivity index (χ0n) is 15.2. The second-order valence-electron chi connectivity index (χ2n) is 6.76. The van der Waals surface area contributed by atoms with E-state index in [1.807, 2.05) is 50.2 Å². The summed E-state index contributed by atoms with van der Waals surface area (Å²) in [6.07, 6.45) is -0.468. The largest absolute Gasteiger partial charge is 0.447 e. The molecule has 0 radical (unpaired) electrons. The van der Waals surface area contributed by atoms with E-state index in [2.05, 4.69) is 5.16 Å². The summed E-state index contributed by atoms with van der Waals surface area (Å²) >= 11 is 0. The molecule has 2 amide bonds. The normalized spacial score (nSPS) is 16.8. The molecule has 26 heavy (non-hydrogen) atoms. The smallest absolute Gasteiger partial charge is 0.410 e. The number of rotatable bonds is 6. The van der Waals surface area contributed by atoms with E-state index in [9.17, 15) is 9.59 Å². The van der Waals surface area contributed by atoms with Gasteiger partial charge in [-0.3, -0.25) is 9.69 Å². The lowest BCUT2D eigenvalue weighted by atomic mass is 10.1. The summed E-state index contributed by atoms with van der Waals surface area (Å²) in [6.45, 7) is 4.57. The minimum atomic E-state index is -0.468. The number of carbonyl (C=O) groups excluding carboxylic acids is 2. The van der Waals surface area contributed by atoms with Gasteiger partial charge >= 0.3 is 6.09 Å². The molecule has 1 atom stereocenters. The van der Waals surface area contributed by atoms with Crippen molar-refractivity contribution >= 4 is 12.0 Å².